The van der Waals surface area contributed by atoms with Crippen LogP contribution in [0.2, 0.25) is 0 Å². The fraction of sp³-hybridized carbons (Fsp3) is 0.292. The number of fused-ring (bicyclic) bond motifs is 2. The summed E-state index contributed by atoms with van der Waals surface area (Å²) in [6.07, 6.45) is 1.71. The van der Waals surface area contributed by atoms with E-state index in [9.17, 15) is 10.2 Å². The first-order valence-electron chi connectivity index (χ1n) is 25.9. The van der Waals surface area contributed by atoms with Gasteiger partial charge in [0, 0.05) is 25.7 Å². The first-order chi connectivity index (χ1) is 36.4. The molecule has 0 radical (unpaired) electrons. The van der Waals surface area contributed by atoms with Crippen molar-refractivity contribution in [3.05, 3.63) is 215 Å². The first-order valence-corrected chi connectivity index (χ1v) is 25.9. The van der Waals surface area contributed by atoms with E-state index in [1.807, 2.05) is 196 Å². The van der Waals surface area contributed by atoms with Crippen molar-refractivity contribution >= 4 is 33.4 Å². The molecule has 4 N–H and O–H groups in total. The topological polar surface area (TPSA) is 136 Å². The van der Waals surface area contributed by atoms with Crippen LogP contribution in [0.4, 0.5) is 0 Å². The molecule has 0 spiro atoms. The predicted octanol–water partition coefficient (Wildman–Crippen LogP) is 12.1. The van der Waals surface area contributed by atoms with Gasteiger partial charge in [-0.15, -0.1) is 0 Å². The lowest BCUT2D eigenvalue weighted by atomic mass is 9.73. The molecule has 0 heterocycles. The average molecular weight is 1010 g/mol. The normalized spacial score (nSPS) is 12.7. The van der Waals surface area contributed by atoms with Crippen molar-refractivity contribution in [2.24, 2.45) is 5.41 Å². The van der Waals surface area contributed by atoms with Crippen LogP contribution in [0.5, 0.6) is 23.0 Å². The maximum Gasteiger partial charge on any atom is 0.236 e. The molecule has 0 fully saturated rings. The molecular formula is C65H70N2O8. The van der Waals surface area contributed by atoms with Crippen LogP contribution in [0.25, 0.3) is 21.5 Å². The molecule has 0 aliphatic rings. The number of nitrogens with one attached hydrogen (secondary N) is 2. The zero-order chi connectivity index (χ0) is 53.0. The van der Waals surface area contributed by atoms with Gasteiger partial charge in [-0.05, 0) is 116 Å². The molecular weight excluding hydrogens is 937 g/mol. The highest BCUT2D eigenvalue weighted by molar-refractivity contribution is 6.06. The Morgan fingerprint density at radius 3 is 1.03 bits per heavy atom. The standard InChI is InChI=1S/C65H70N2O8/c1-7-35-63(36-8-2,61(68)66-59(57-33-17-25-49-23-9-11-31-55(49)57)64(70,41-45-19-13-27-51(37-45)72-3)42-46-20-14-28-52(38-46)73-4)62(69)67-60(58-34-18-26-50-24-10-12-32-56(50)58)65(71,43-47-21-15-29-53(39-47)74-5)44-48-22-16-30-54(40-48)75-6/h9-34,37-40,59-60,70-71H,7-8,35-36,41-44H2,1-6H3,(H,66,68)(H,67,69)/t59-,60-/m0/s1. The number of hydrogen-bond acceptors (Lipinski definition) is 8. The van der Waals surface area contributed by atoms with Crippen molar-refractivity contribution in [3.63, 3.8) is 0 Å². The van der Waals surface area contributed by atoms with Crippen LogP contribution in [0.3, 0.4) is 0 Å². The van der Waals surface area contributed by atoms with E-state index in [2.05, 4.69) is 10.6 Å². The van der Waals surface area contributed by atoms with Crippen molar-refractivity contribution in [1.29, 1.82) is 0 Å². The predicted molar refractivity (Wildman–Crippen MR) is 299 cm³/mol. The van der Waals surface area contributed by atoms with Crippen molar-refractivity contribution in [3.8, 4) is 23.0 Å². The minimum atomic E-state index is -1.71. The quantitative estimate of drug-likeness (QED) is 0.0440. The third-order valence-corrected chi connectivity index (χ3v) is 14.7. The lowest BCUT2D eigenvalue weighted by Gasteiger charge is -2.43. The Bertz CT molecular complexity index is 2900. The zero-order valence-electron chi connectivity index (χ0n) is 44.0. The van der Waals surface area contributed by atoms with Crippen molar-refractivity contribution < 1.29 is 38.7 Å². The number of carbonyl (C=O) groups excluding carboxylic acids is 2. The summed E-state index contributed by atoms with van der Waals surface area (Å²) in [6.45, 7) is 3.94. The van der Waals surface area contributed by atoms with Gasteiger partial charge in [-0.1, -0.05) is 160 Å². The molecule has 0 saturated carbocycles. The van der Waals surface area contributed by atoms with E-state index >= 15 is 9.59 Å². The molecule has 8 aromatic rings. The molecule has 0 bridgehead atoms. The van der Waals surface area contributed by atoms with Crippen LogP contribution < -0.4 is 29.6 Å². The molecule has 10 nitrogen and oxygen atoms in total. The number of ether oxygens (including phenoxy) is 4. The van der Waals surface area contributed by atoms with Gasteiger partial charge >= 0.3 is 0 Å². The van der Waals surface area contributed by atoms with E-state index in [0.717, 1.165) is 43.8 Å². The van der Waals surface area contributed by atoms with Crippen LogP contribution in [-0.4, -0.2) is 61.7 Å². The smallest absolute Gasteiger partial charge is 0.236 e. The minimum Gasteiger partial charge on any atom is -0.497 e. The summed E-state index contributed by atoms with van der Waals surface area (Å²) in [7, 11) is 6.43. The molecule has 8 aromatic carbocycles. The Balaban J connectivity index is 1.30. The summed E-state index contributed by atoms with van der Waals surface area (Å²) in [6, 6.07) is 55.9. The van der Waals surface area contributed by atoms with Gasteiger partial charge in [-0.25, -0.2) is 0 Å². The Kier molecular flexibility index (Phi) is 17.3. The summed E-state index contributed by atoms with van der Waals surface area (Å²) >= 11 is 0. The van der Waals surface area contributed by atoms with Crippen molar-refractivity contribution in [2.45, 2.75) is 88.5 Å². The molecule has 0 aliphatic heterocycles. The maximum atomic E-state index is 16.2. The van der Waals surface area contributed by atoms with Crippen LogP contribution >= 0.6 is 0 Å². The molecule has 0 saturated heterocycles. The number of amides is 2. The highest BCUT2D eigenvalue weighted by Gasteiger charge is 2.51. The average Bonchev–Trinajstić information content (AvgIpc) is 3.43. The Morgan fingerprint density at radius 1 is 0.427 bits per heavy atom. The molecule has 388 valence electrons. The number of carbonyl (C=O) groups is 2. The number of benzene rings is 8. The zero-order valence-corrected chi connectivity index (χ0v) is 44.0. The van der Waals surface area contributed by atoms with Crippen molar-refractivity contribution in [1.82, 2.24) is 10.6 Å². The summed E-state index contributed by atoms with van der Waals surface area (Å²) in [5.74, 6) is 1.45. The fourth-order valence-electron chi connectivity index (χ4n) is 11.2. The number of rotatable bonds is 24. The maximum absolute atomic E-state index is 16.2. The Labute approximate surface area is 441 Å². The highest BCUT2D eigenvalue weighted by atomic mass is 16.5. The van der Waals surface area contributed by atoms with Gasteiger partial charge in [0.15, 0.2) is 0 Å². The molecule has 2 amide bonds. The van der Waals surface area contributed by atoms with Gasteiger partial charge in [0.1, 0.15) is 28.4 Å². The van der Waals surface area contributed by atoms with E-state index in [1.165, 1.54) is 0 Å². The second kappa shape index (κ2) is 24.1. The number of aliphatic hydroxyl groups is 2. The second-order valence-electron chi connectivity index (χ2n) is 19.9. The van der Waals surface area contributed by atoms with Gasteiger partial charge in [-0.2, -0.15) is 0 Å². The van der Waals surface area contributed by atoms with Gasteiger partial charge in [0.2, 0.25) is 11.8 Å². The molecule has 0 aromatic heterocycles. The second-order valence-corrected chi connectivity index (χ2v) is 19.9. The largest absolute Gasteiger partial charge is 0.497 e. The number of methoxy groups -OCH3 is 4. The summed E-state index contributed by atoms with van der Waals surface area (Å²) in [5.41, 5.74) is -0.576. The third-order valence-electron chi connectivity index (χ3n) is 14.7. The van der Waals surface area contributed by atoms with E-state index in [1.54, 1.807) is 28.4 Å². The lowest BCUT2D eigenvalue weighted by molar-refractivity contribution is -0.149. The highest BCUT2D eigenvalue weighted by Crippen LogP contribution is 2.43. The van der Waals surface area contributed by atoms with Gasteiger partial charge < -0.3 is 39.8 Å². The Morgan fingerprint density at radius 2 is 0.720 bits per heavy atom. The van der Waals surface area contributed by atoms with Gasteiger partial charge in [0.25, 0.3) is 0 Å². The van der Waals surface area contributed by atoms with Gasteiger partial charge in [-0.3, -0.25) is 9.59 Å². The molecule has 2 atom stereocenters. The first kappa shape index (κ1) is 53.6. The Hall–Kier alpha value is -7.66. The summed E-state index contributed by atoms with van der Waals surface area (Å²) in [5, 5.41) is 38.1. The van der Waals surface area contributed by atoms with Crippen LogP contribution in [0.15, 0.2) is 182 Å². The summed E-state index contributed by atoms with van der Waals surface area (Å²) in [4.78, 5) is 32.5. The van der Waals surface area contributed by atoms with E-state index in [4.69, 9.17) is 18.9 Å². The van der Waals surface area contributed by atoms with Crippen LogP contribution in [0, 0.1) is 5.41 Å². The SMILES string of the molecule is CCCC(CCC)(C(=O)N[C@@H](c1cccc2ccccc12)C(O)(Cc1cccc(OC)c1)Cc1cccc(OC)c1)C(=O)N[C@@H](c1cccc2ccccc12)C(O)(Cc1cccc(OC)c1)Cc1cccc(OC)c1. The lowest BCUT2D eigenvalue weighted by Crippen LogP contribution is -2.59. The van der Waals surface area contributed by atoms with Gasteiger partial charge in [0.05, 0.1) is 51.7 Å². The molecule has 10 heteroatoms. The fourth-order valence-corrected chi connectivity index (χ4v) is 11.2. The van der Waals surface area contributed by atoms with E-state index in [0.29, 0.717) is 47.0 Å². The number of hydrogen-bond donors (Lipinski definition) is 4. The van der Waals surface area contributed by atoms with Crippen LogP contribution in [-0.2, 0) is 35.3 Å². The van der Waals surface area contributed by atoms with E-state index < -0.39 is 40.5 Å². The van der Waals surface area contributed by atoms with Crippen LogP contribution in [0.1, 0.15) is 85.0 Å². The molecule has 0 aliphatic carbocycles. The molecule has 0 unspecified atom stereocenters. The van der Waals surface area contributed by atoms with E-state index in [-0.39, 0.29) is 38.5 Å². The third kappa shape index (κ3) is 12.2. The monoisotopic (exact) mass is 1010 g/mol. The molecule has 75 heavy (non-hydrogen) atoms. The van der Waals surface area contributed by atoms with Crippen molar-refractivity contribution in [2.75, 3.05) is 28.4 Å². The molecule has 8 rings (SSSR count). The summed E-state index contributed by atoms with van der Waals surface area (Å²) < 4.78 is 22.7. The minimum absolute atomic E-state index is 0.0983.